The van der Waals surface area contributed by atoms with Crippen molar-refractivity contribution in [2.45, 2.75) is 62.1 Å². The summed E-state index contributed by atoms with van der Waals surface area (Å²) in [7, 11) is -3.95. The maximum atomic E-state index is 14.1. The number of benzene rings is 1. The lowest BCUT2D eigenvalue weighted by molar-refractivity contribution is 0.206. The van der Waals surface area contributed by atoms with Crippen LogP contribution in [0.1, 0.15) is 62.0 Å². The Morgan fingerprint density at radius 2 is 2.00 bits per heavy atom. The van der Waals surface area contributed by atoms with Crippen LogP contribution in [0.25, 0.3) is 10.8 Å². The molecule has 1 atom stereocenters. The topological polar surface area (TPSA) is 81.2 Å². The Hall–Kier alpha value is -2.58. The normalized spacial score (nSPS) is 18.7. The highest BCUT2D eigenvalue weighted by molar-refractivity contribution is 7.89. The van der Waals surface area contributed by atoms with Crippen LogP contribution in [0.2, 0.25) is 0 Å². The van der Waals surface area contributed by atoms with Crippen LogP contribution in [-0.4, -0.2) is 30.6 Å². The first kappa shape index (κ1) is 21.3. The number of pyridine rings is 2. The number of nitrogens with zero attached hydrogens (tertiary/aromatic N) is 2. The Morgan fingerprint density at radius 3 is 2.69 bits per heavy atom. The van der Waals surface area contributed by atoms with Gasteiger partial charge in [0.15, 0.2) is 0 Å². The standard InChI is InChI=1S/C24H26FN3O3S/c1-24(2,25)14-28-32(29,30)23-11-18-17(7-8-22(18)31-16-4-3-9-26-12-16)20-13-27-21(10-19(20)23)15-5-6-15/h3-4,9-13,15,22,28H,5-8,14H2,1-2H3. The fourth-order valence-corrected chi connectivity index (χ4v) is 5.68. The Morgan fingerprint density at radius 1 is 1.19 bits per heavy atom. The van der Waals surface area contributed by atoms with Gasteiger partial charge in [-0.25, -0.2) is 17.5 Å². The predicted molar refractivity (Wildman–Crippen MR) is 120 cm³/mol. The maximum Gasteiger partial charge on any atom is 0.241 e. The van der Waals surface area contributed by atoms with Gasteiger partial charge in [0.2, 0.25) is 10.0 Å². The molecule has 2 aliphatic carbocycles. The number of hydrogen-bond donors (Lipinski definition) is 1. The predicted octanol–water partition coefficient (Wildman–Crippen LogP) is 4.60. The van der Waals surface area contributed by atoms with Gasteiger partial charge in [0.1, 0.15) is 17.5 Å². The molecule has 1 unspecified atom stereocenters. The second-order valence-electron chi connectivity index (χ2n) is 9.25. The highest BCUT2D eigenvalue weighted by Gasteiger charge is 2.33. The van der Waals surface area contributed by atoms with Gasteiger partial charge < -0.3 is 4.74 Å². The molecule has 0 spiro atoms. The fraction of sp³-hybridized carbons (Fsp3) is 0.417. The number of hydrogen-bond acceptors (Lipinski definition) is 5. The SMILES string of the molecule is CC(C)(F)CNS(=O)(=O)c1cc2c(c3cnc(C4CC4)cc13)CCC2Oc1cccnc1. The Kier molecular flexibility index (Phi) is 5.17. The van der Waals surface area contributed by atoms with Crippen LogP contribution in [0, 0.1) is 0 Å². The van der Waals surface area contributed by atoms with Gasteiger partial charge in [-0.3, -0.25) is 9.97 Å². The van der Waals surface area contributed by atoms with Crippen molar-refractivity contribution in [1.82, 2.24) is 14.7 Å². The van der Waals surface area contributed by atoms with Crippen LogP contribution >= 0.6 is 0 Å². The molecule has 0 aliphatic heterocycles. The molecule has 32 heavy (non-hydrogen) atoms. The number of aromatic nitrogens is 2. The number of alkyl halides is 1. The lowest BCUT2D eigenvalue weighted by Crippen LogP contribution is -2.35. The summed E-state index contributed by atoms with van der Waals surface area (Å²) in [5.74, 6) is 1.02. The molecule has 0 bridgehead atoms. The number of rotatable bonds is 7. The maximum absolute atomic E-state index is 14.1. The minimum Gasteiger partial charge on any atom is -0.484 e. The van der Waals surface area contributed by atoms with Crippen molar-refractivity contribution in [1.29, 1.82) is 0 Å². The molecule has 8 heteroatoms. The molecule has 0 saturated heterocycles. The molecule has 1 aromatic carbocycles. The van der Waals surface area contributed by atoms with Gasteiger partial charge in [-0.1, -0.05) is 0 Å². The van der Waals surface area contributed by atoms with Crippen LogP contribution in [0.15, 0.2) is 47.8 Å². The molecule has 6 nitrogen and oxygen atoms in total. The fourth-order valence-electron chi connectivity index (χ4n) is 4.25. The van der Waals surface area contributed by atoms with Crippen LogP contribution < -0.4 is 9.46 Å². The van der Waals surface area contributed by atoms with Gasteiger partial charge in [0, 0.05) is 41.3 Å². The lowest BCUT2D eigenvalue weighted by atomic mass is 10.0. The summed E-state index contributed by atoms with van der Waals surface area (Å²) in [5.41, 5.74) is 1.16. The first-order valence-corrected chi connectivity index (χ1v) is 12.4. The van der Waals surface area contributed by atoms with Gasteiger partial charge in [0.05, 0.1) is 11.1 Å². The van der Waals surface area contributed by atoms with Gasteiger partial charge >= 0.3 is 0 Å². The molecule has 1 fully saturated rings. The second kappa shape index (κ2) is 7.78. The average molecular weight is 456 g/mol. The number of fused-ring (bicyclic) bond motifs is 3. The summed E-state index contributed by atoms with van der Waals surface area (Å²) >= 11 is 0. The number of aryl methyl sites for hydroxylation is 1. The van der Waals surface area contributed by atoms with Crippen molar-refractivity contribution in [2.75, 3.05) is 6.54 Å². The van der Waals surface area contributed by atoms with E-state index < -0.39 is 15.7 Å². The zero-order chi connectivity index (χ0) is 22.5. The highest BCUT2D eigenvalue weighted by atomic mass is 32.2. The van der Waals surface area contributed by atoms with E-state index in [4.69, 9.17) is 4.74 Å². The monoisotopic (exact) mass is 455 g/mol. The van der Waals surface area contributed by atoms with E-state index in [-0.39, 0.29) is 17.5 Å². The van der Waals surface area contributed by atoms with E-state index in [0.29, 0.717) is 17.1 Å². The molecular weight excluding hydrogens is 429 g/mol. The van der Waals surface area contributed by atoms with Crippen molar-refractivity contribution in [3.63, 3.8) is 0 Å². The Balaban J connectivity index is 1.62. The zero-order valence-corrected chi connectivity index (χ0v) is 19.0. The van der Waals surface area contributed by atoms with Gasteiger partial charge in [-0.05, 0) is 74.9 Å². The van der Waals surface area contributed by atoms with Crippen molar-refractivity contribution < 1.29 is 17.5 Å². The molecule has 2 aromatic heterocycles. The Labute approximate surface area is 187 Å². The van der Waals surface area contributed by atoms with Gasteiger partial charge in [-0.15, -0.1) is 0 Å². The summed E-state index contributed by atoms with van der Waals surface area (Å²) in [6.45, 7) is 2.40. The number of nitrogens with one attached hydrogen (secondary N) is 1. The van der Waals surface area contributed by atoms with E-state index in [2.05, 4.69) is 14.7 Å². The molecule has 5 rings (SSSR count). The summed E-state index contributed by atoms with van der Waals surface area (Å²) in [6.07, 6.45) is 8.48. The molecule has 2 heterocycles. The van der Waals surface area contributed by atoms with Crippen molar-refractivity contribution in [3.05, 3.63) is 59.7 Å². The molecule has 3 aromatic rings. The largest absolute Gasteiger partial charge is 0.484 e. The second-order valence-corrected chi connectivity index (χ2v) is 11.0. The van der Waals surface area contributed by atoms with E-state index in [9.17, 15) is 12.8 Å². The summed E-state index contributed by atoms with van der Waals surface area (Å²) in [4.78, 5) is 8.88. The van der Waals surface area contributed by atoms with Crippen LogP contribution in [-0.2, 0) is 16.4 Å². The summed E-state index contributed by atoms with van der Waals surface area (Å²) in [5, 5.41) is 1.47. The summed E-state index contributed by atoms with van der Waals surface area (Å²) < 4.78 is 49.3. The first-order chi connectivity index (χ1) is 15.2. The molecule has 168 valence electrons. The van der Waals surface area contributed by atoms with E-state index in [1.54, 1.807) is 30.7 Å². The molecule has 1 saturated carbocycles. The molecule has 0 radical (unpaired) electrons. The number of ether oxygens (including phenoxy) is 1. The van der Waals surface area contributed by atoms with Gasteiger partial charge in [-0.2, -0.15) is 0 Å². The smallest absolute Gasteiger partial charge is 0.241 e. The number of sulfonamides is 1. The first-order valence-electron chi connectivity index (χ1n) is 10.9. The van der Waals surface area contributed by atoms with Crippen LogP contribution in [0.3, 0.4) is 0 Å². The molecule has 2 aliphatic rings. The van der Waals surface area contributed by atoms with Crippen LogP contribution in [0.5, 0.6) is 5.75 Å². The van der Waals surface area contributed by atoms with E-state index in [1.807, 2.05) is 12.1 Å². The molecule has 0 amide bonds. The third kappa shape index (κ3) is 4.21. The molecule has 1 N–H and O–H groups in total. The van der Waals surface area contributed by atoms with Crippen molar-refractivity contribution in [2.24, 2.45) is 0 Å². The quantitative estimate of drug-likeness (QED) is 0.563. The highest BCUT2D eigenvalue weighted by Crippen LogP contribution is 2.44. The minimum atomic E-state index is -3.95. The van der Waals surface area contributed by atoms with Crippen molar-refractivity contribution in [3.8, 4) is 5.75 Å². The number of halogens is 1. The van der Waals surface area contributed by atoms with Crippen molar-refractivity contribution >= 4 is 20.8 Å². The third-order valence-electron chi connectivity index (χ3n) is 6.03. The molecular formula is C24H26FN3O3S. The zero-order valence-electron chi connectivity index (χ0n) is 18.1. The third-order valence-corrected chi connectivity index (χ3v) is 7.48. The van der Waals surface area contributed by atoms with E-state index in [1.165, 1.54) is 13.8 Å². The van der Waals surface area contributed by atoms with Gasteiger partial charge in [0.25, 0.3) is 0 Å². The van der Waals surface area contributed by atoms with Crippen LogP contribution in [0.4, 0.5) is 4.39 Å². The van der Waals surface area contributed by atoms with E-state index >= 15 is 0 Å². The average Bonchev–Trinajstić information content (AvgIpc) is 3.53. The van der Waals surface area contributed by atoms with E-state index in [0.717, 1.165) is 47.9 Å². The minimum absolute atomic E-state index is 0.154. The summed E-state index contributed by atoms with van der Waals surface area (Å²) in [6, 6.07) is 7.24. The lowest BCUT2D eigenvalue weighted by Gasteiger charge is -2.19. The Bertz CT molecular complexity index is 1270.